The van der Waals surface area contributed by atoms with Crippen LogP contribution in [-0.2, 0) is 4.74 Å². The molecular weight excluding hydrogens is 424 g/mol. The van der Waals surface area contributed by atoms with Gasteiger partial charge in [0.1, 0.15) is 22.5 Å². The molecular formula is C20H24N4O6S. The number of esters is 1. The average Bonchev–Trinajstić information content (AvgIpc) is 3.16. The summed E-state index contributed by atoms with van der Waals surface area (Å²) in [4.78, 5) is 38.1. The number of primary amides is 2. The maximum absolute atomic E-state index is 12.9. The van der Waals surface area contributed by atoms with E-state index >= 15 is 0 Å². The lowest BCUT2D eigenvalue weighted by Crippen LogP contribution is -2.46. The summed E-state index contributed by atoms with van der Waals surface area (Å²) >= 11 is 1.12. The molecule has 31 heavy (non-hydrogen) atoms. The van der Waals surface area contributed by atoms with E-state index in [4.69, 9.17) is 25.7 Å². The van der Waals surface area contributed by atoms with Gasteiger partial charge in [-0.05, 0) is 37.1 Å². The number of nitrogens with one attached hydrogen (secondary N) is 1. The lowest BCUT2D eigenvalue weighted by molar-refractivity contribution is 0.0134. The van der Waals surface area contributed by atoms with Gasteiger partial charge in [-0.25, -0.2) is 14.4 Å². The molecule has 0 saturated carbocycles. The number of ether oxygens (including phenoxy) is 3. The van der Waals surface area contributed by atoms with Crippen LogP contribution < -0.4 is 26.3 Å². The minimum absolute atomic E-state index is 0.176. The molecule has 11 heteroatoms. The van der Waals surface area contributed by atoms with Gasteiger partial charge >= 0.3 is 18.0 Å². The number of thiophene rings is 1. The smallest absolute Gasteiger partial charge is 0.350 e. The van der Waals surface area contributed by atoms with Crippen LogP contribution in [0.2, 0.25) is 0 Å². The van der Waals surface area contributed by atoms with Crippen molar-refractivity contribution in [1.82, 2.24) is 4.90 Å². The summed E-state index contributed by atoms with van der Waals surface area (Å²) in [5, 5.41) is 2.47. The summed E-state index contributed by atoms with van der Waals surface area (Å²) in [5.41, 5.74) is 11.5. The summed E-state index contributed by atoms with van der Waals surface area (Å²) in [6.45, 7) is 0.748. The lowest BCUT2D eigenvalue weighted by atomic mass is 10.1. The zero-order chi connectivity index (χ0) is 22.5. The minimum Gasteiger partial charge on any atom is -0.497 e. The van der Waals surface area contributed by atoms with Crippen molar-refractivity contribution >= 4 is 35.1 Å². The van der Waals surface area contributed by atoms with Crippen LogP contribution in [0.15, 0.2) is 24.3 Å². The first-order chi connectivity index (χ1) is 14.8. The predicted molar refractivity (Wildman–Crippen MR) is 116 cm³/mol. The Balaban J connectivity index is 1.91. The first kappa shape index (κ1) is 22.2. The van der Waals surface area contributed by atoms with Gasteiger partial charge in [0.05, 0.1) is 26.5 Å². The molecule has 10 nitrogen and oxygen atoms in total. The Hall–Kier alpha value is -3.47. The van der Waals surface area contributed by atoms with Crippen LogP contribution in [0.3, 0.4) is 0 Å². The van der Waals surface area contributed by atoms with Gasteiger partial charge in [0.2, 0.25) is 0 Å². The summed E-state index contributed by atoms with van der Waals surface area (Å²) < 4.78 is 16.3. The number of piperidine rings is 1. The molecule has 1 atom stereocenters. The summed E-state index contributed by atoms with van der Waals surface area (Å²) in [5.74, 6) is 0.543. The maximum atomic E-state index is 12.9. The van der Waals surface area contributed by atoms with E-state index in [-0.39, 0.29) is 17.1 Å². The number of rotatable bonds is 6. The number of amides is 4. The highest BCUT2D eigenvalue weighted by Crippen LogP contribution is 2.41. The molecule has 1 aromatic carbocycles. The van der Waals surface area contributed by atoms with Crippen molar-refractivity contribution in [3.63, 3.8) is 0 Å². The van der Waals surface area contributed by atoms with Gasteiger partial charge in [0.15, 0.2) is 0 Å². The van der Waals surface area contributed by atoms with E-state index < -0.39 is 24.1 Å². The molecule has 0 radical (unpaired) electrons. The van der Waals surface area contributed by atoms with E-state index in [9.17, 15) is 14.4 Å². The fourth-order valence-corrected chi connectivity index (χ4v) is 4.36. The second kappa shape index (κ2) is 9.56. The number of methoxy groups -OCH3 is 2. The zero-order valence-electron chi connectivity index (χ0n) is 17.2. The highest BCUT2D eigenvalue weighted by molar-refractivity contribution is 7.18. The van der Waals surface area contributed by atoms with E-state index in [1.165, 1.54) is 12.0 Å². The van der Waals surface area contributed by atoms with E-state index in [0.717, 1.165) is 11.3 Å². The molecule has 0 bridgehead atoms. The highest BCUT2D eigenvalue weighted by Gasteiger charge is 2.28. The van der Waals surface area contributed by atoms with Crippen LogP contribution in [0.4, 0.5) is 15.3 Å². The van der Waals surface area contributed by atoms with E-state index in [0.29, 0.717) is 41.3 Å². The standard InChI is InChI=1S/C20H24N4O6S/c1-28-11-5-6-15(29-2)13(8-11)16-9-14(23-19(21)26)17(31-16)18(25)30-12-4-3-7-24(10-12)20(22)27/h5-6,8-9,12H,3-4,7,10H2,1-2H3,(H2,22,27)(H3,21,23,26). The topological polar surface area (TPSA) is 146 Å². The zero-order valence-corrected chi connectivity index (χ0v) is 18.0. The number of nitrogens with zero attached hydrogens (tertiary/aromatic N) is 1. The van der Waals surface area contributed by atoms with Gasteiger partial charge in [0.25, 0.3) is 0 Å². The molecule has 1 aromatic heterocycles. The maximum Gasteiger partial charge on any atom is 0.350 e. The van der Waals surface area contributed by atoms with Gasteiger partial charge in [0, 0.05) is 17.0 Å². The number of carbonyl (C=O) groups excluding carboxylic acids is 3. The van der Waals surface area contributed by atoms with Crippen LogP contribution in [0, 0.1) is 0 Å². The van der Waals surface area contributed by atoms with Crippen LogP contribution >= 0.6 is 11.3 Å². The lowest BCUT2D eigenvalue weighted by Gasteiger charge is -2.31. The third-order valence-electron chi connectivity index (χ3n) is 4.81. The monoisotopic (exact) mass is 448 g/mol. The van der Waals surface area contributed by atoms with Crippen LogP contribution in [0.25, 0.3) is 10.4 Å². The molecule has 1 fully saturated rings. The molecule has 2 aromatic rings. The second-order valence-corrected chi connectivity index (χ2v) is 7.91. The minimum atomic E-state index is -0.812. The molecule has 3 rings (SSSR count). The molecule has 2 heterocycles. The van der Waals surface area contributed by atoms with E-state index in [2.05, 4.69) is 5.32 Å². The van der Waals surface area contributed by atoms with Crippen LogP contribution in [0.5, 0.6) is 11.5 Å². The van der Waals surface area contributed by atoms with Crippen molar-refractivity contribution in [2.45, 2.75) is 18.9 Å². The van der Waals surface area contributed by atoms with Gasteiger partial charge in [-0.1, -0.05) is 0 Å². The number of benzene rings is 1. The molecule has 1 aliphatic rings. The number of urea groups is 2. The van der Waals surface area contributed by atoms with Crippen molar-refractivity contribution in [1.29, 1.82) is 0 Å². The quantitative estimate of drug-likeness (QED) is 0.579. The molecule has 4 amide bonds. The molecule has 1 saturated heterocycles. The summed E-state index contributed by atoms with van der Waals surface area (Å²) in [6, 6.07) is 5.52. The highest BCUT2D eigenvalue weighted by atomic mass is 32.1. The Morgan fingerprint density at radius 2 is 1.94 bits per heavy atom. The van der Waals surface area contributed by atoms with Crippen molar-refractivity contribution < 1.29 is 28.6 Å². The number of hydrogen-bond donors (Lipinski definition) is 3. The Labute approximate surface area is 183 Å². The van der Waals surface area contributed by atoms with E-state index in [1.54, 1.807) is 31.4 Å². The number of hydrogen-bond acceptors (Lipinski definition) is 7. The third kappa shape index (κ3) is 5.18. The second-order valence-electron chi connectivity index (χ2n) is 6.86. The summed E-state index contributed by atoms with van der Waals surface area (Å²) in [7, 11) is 3.08. The fourth-order valence-electron chi connectivity index (χ4n) is 3.35. The fraction of sp³-hybridized carbons (Fsp3) is 0.350. The van der Waals surface area contributed by atoms with Crippen LogP contribution in [0.1, 0.15) is 22.5 Å². The van der Waals surface area contributed by atoms with Gasteiger partial charge < -0.3 is 35.9 Å². The first-order valence-corrected chi connectivity index (χ1v) is 10.3. The number of anilines is 1. The molecule has 0 aliphatic carbocycles. The molecule has 1 unspecified atom stereocenters. The number of nitrogens with two attached hydrogens (primary N) is 2. The molecule has 0 spiro atoms. The number of carbonyl (C=O) groups is 3. The third-order valence-corrected chi connectivity index (χ3v) is 5.96. The first-order valence-electron chi connectivity index (χ1n) is 9.50. The Kier molecular flexibility index (Phi) is 6.85. The Morgan fingerprint density at radius 3 is 2.58 bits per heavy atom. The number of likely N-dealkylation sites (tertiary alicyclic amines) is 1. The molecule has 1 aliphatic heterocycles. The van der Waals surface area contributed by atoms with E-state index in [1.807, 2.05) is 0 Å². The van der Waals surface area contributed by atoms with Gasteiger partial charge in [-0.2, -0.15) is 0 Å². The summed E-state index contributed by atoms with van der Waals surface area (Å²) in [6.07, 6.45) is 0.784. The van der Waals surface area contributed by atoms with Crippen molar-refractivity contribution in [2.24, 2.45) is 11.5 Å². The van der Waals surface area contributed by atoms with Gasteiger partial charge in [-0.15, -0.1) is 11.3 Å². The predicted octanol–water partition coefficient (Wildman–Crippen LogP) is 2.62. The SMILES string of the molecule is COc1ccc(OC)c(-c2cc(NC(N)=O)c(C(=O)OC3CCCN(C(N)=O)C3)s2)c1. The molecule has 5 N–H and O–H groups in total. The Bertz CT molecular complexity index is 992. The van der Waals surface area contributed by atoms with Crippen LogP contribution in [-0.4, -0.2) is 56.3 Å². The average molecular weight is 449 g/mol. The normalized spacial score (nSPS) is 15.8. The largest absolute Gasteiger partial charge is 0.497 e. The molecule has 166 valence electrons. The van der Waals surface area contributed by atoms with Gasteiger partial charge in [-0.3, -0.25) is 0 Å². The Morgan fingerprint density at radius 1 is 1.16 bits per heavy atom. The van der Waals surface area contributed by atoms with Crippen molar-refractivity contribution in [2.75, 3.05) is 32.6 Å². The van der Waals surface area contributed by atoms with Crippen molar-refractivity contribution in [3.05, 3.63) is 29.1 Å². The van der Waals surface area contributed by atoms with Crippen molar-refractivity contribution in [3.8, 4) is 21.9 Å².